The molecule has 0 spiro atoms. The van der Waals surface area contributed by atoms with Gasteiger partial charge in [0.05, 0.1) is 14.6 Å². The predicted octanol–water partition coefficient (Wildman–Crippen LogP) is 0.755. The lowest BCUT2D eigenvalue weighted by Crippen LogP contribution is -2.36. The topological polar surface area (TPSA) is 75.6 Å². The minimum atomic E-state index is -3.81. The molecular formula is C11H16N2O3S2. The number of nitrogens with one attached hydrogen (secondary N) is 1. The molecule has 1 aliphatic heterocycles. The Morgan fingerprint density at radius 1 is 1.17 bits per heavy atom. The summed E-state index contributed by atoms with van der Waals surface area (Å²) in [5, 5.41) is 3.04. The second kappa shape index (κ2) is 4.99. The van der Waals surface area contributed by atoms with Crippen molar-refractivity contribution in [1.29, 1.82) is 0 Å². The van der Waals surface area contributed by atoms with Gasteiger partial charge in [0.25, 0.3) is 10.0 Å². The Kier molecular flexibility index (Phi) is 3.74. The Balaban J connectivity index is 2.40. The lowest BCUT2D eigenvalue weighted by Gasteiger charge is -2.16. The Morgan fingerprint density at radius 3 is 2.28 bits per heavy atom. The van der Waals surface area contributed by atoms with Crippen LogP contribution in [-0.2, 0) is 19.8 Å². The highest BCUT2D eigenvalue weighted by Crippen LogP contribution is 2.16. The summed E-state index contributed by atoms with van der Waals surface area (Å²) in [5.41, 5.74) is 0.972. The van der Waals surface area contributed by atoms with Crippen LogP contribution in [0.5, 0.6) is 0 Å². The van der Waals surface area contributed by atoms with Gasteiger partial charge in [-0.1, -0.05) is 17.7 Å². The predicted molar refractivity (Wildman–Crippen MR) is 71.5 cm³/mol. The minimum absolute atomic E-state index is 0.106. The zero-order valence-corrected chi connectivity index (χ0v) is 11.8. The molecule has 2 rings (SSSR count). The van der Waals surface area contributed by atoms with E-state index >= 15 is 0 Å². The number of benzene rings is 1. The maximum absolute atomic E-state index is 12.3. The number of aryl methyl sites for hydroxylation is 1. The molecule has 0 aromatic heterocycles. The summed E-state index contributed by atoms with van der Waals surface area (Å²) in [6.07, 6.45) is 0. The van der Waals surface area contributed by atoms with Crippen LogP contribution in [0, 0.1) is 6.92 Å². The third-order valence-corrected chi connectivity index (χ3v) is 7.17. The van der Waals surface area contributed by atoms with Gasteiger partial charge in [0.1, 0.15) is 0 Å². The fourth-order valence-electron chi connectivity index (χ4n) is 1.70. The molecule has 0 amide bonds. The number of nitrogens with zero attached hydrogens (tertiary/aromatic N) is 1. The van der Waals surface area contributed by atoms with E-state index in [-0.39, 0.29) is 16.4 Å². The first-order valence-corrected chi connectivity index (χ1v) is 8.97. The van der Waals surface area contributed by atoms with Crippen LogP contribution in [0.2, 0.25) is 0 Å². The highest BCUT2D eigenvalue weighted by atomic mass is 32.3. The van der Waals surface area contributed by atoms with Crippen molar-refractivity contribution in [3.05, 3.63) is 29.8 Å². The molecule has 0 radical (unpaired) electrons. The summed E-state index contributed by atoms with van der Waals surface area (Å²) in [7, 11) is -6.44. The van der Waals surface area contributed by atoms with Gasteiger partial charge in [-0.2, -0.15) is 8.42 Å². The first-order chi connectivity index (χ1) is 8.41. The van der Waals surface area contributed by atoms with E-state index in [0.29, 0.717) is 13.1 Å². The van der Waals surface area contributed by atoms with E-state index < -0.39 is 19.8 Å². The number of hydrogen-bond donors (Lipinski definition) is 1. The summed E-state index contributed by atoms with van der Waals surface area (Å²) in [5.74, 6) is 0.580. The Labute approximate surface area is 108 Å². The molecular weight excluding hydrogens is 272 g/mol. The van der Waals surface area contributed by atoms with Crippen LogP contribution in [0.4, 0.5) is 0 Å². The molecule has 100 valence electrons. The molecule has 1 aromatic carbocycles. The van der Waals surface area contributed by atoms with Crippen LogP contribution in [0.15, 0.2) is 32.9 Å². The van der Waals surface area contributed by atoms with Crippen molar-refractivity contribution >= 4 is 19.8 Å². The molecule has 1 N–H and O–H groups in total. The van der Waals surface area contributed by atoms with Gasteiger partial charge < -0.3 is 5.32 Å². The van der Waals surface area contributed by atoms with E-state index in [4.69, 9.17) is 0 Å². The zero-order chi connectivity index (χ0) is 13.2. The second-order valence-electron chi connectivity index (χ2n) is 4.29. The van der Waals surface area contributed by atoms with Crippen molar-refractivity contribution in [2.45, 2.75) is 11.8 Å². The van der Waals surface area contributed by atoms with Crippen LogP contribution in [-0.4, -0.2) is 37.2 Å². The van der Waals surface area contributed by atoms with Crippen LogP contribution in [0.25, 0.3) is 0 Å². The molecule has 1 saturated heterocycles. The zero-order valence-electron chi connectivity index (χ0n) is 10.1. The first kappa shape index (κ1) is 13.5. The van der Waals surface area contributed by atoms with Crippen molar-refractivity contribution in [3.63, 3.8) is 0 Å². The Hall–Kier alpha value is -0.920. The molecule has 7 heteroatoms. The fourth-order valence-corrected chi connectivity index (χ4v) is 5.68. The molecule has 5 nitrogen and oxygen atoms in total. The number of rotatable bonds is 2. The number of hydrogen-bond acceptors (Lipinski definition) is 4. The molecule has 0 atom stereocenters. The third kappa shape index (κ3) is 3.09. The van der Waals surface area contributed by atoms with Crippen LogP contribution < -0.4 is 5.32 Å². The molecule has 0 unspecified atom stereocenters. The molecule has 1 aromatic rings. The van der Waals surface area contributed by atoms with Gasteiger partial charge in [0, 0.05) is 24.6 Å². The van der Waals surface area contributed by atoms with Gasteiger partial charge in [0.2, 0.25) is 0 Å². The number of sulfonamides is 1. The average molecular weight is 288 g/mol. The van der Waals surface area contributed by atoms with Crippen LogP contribution in [0.1, 0.15) is 5.56 Å². The Bertz CT molecular complexity index is 629. The molecule has 0 bridgehead atoms. The van der Waals surface area contributed by atoms with Crippen molar-refractivity contribution in [2.75, 3.05) is 24.6 Å². The molecule has 0 aliphatic carbocycles. The molecule has 1 heterocycles. The molecule has 1 fully saturated rings. The highest BCUT2D eigenvalue weighted by Gasteiger charge is 2.20. The molecule has 18 heavy (non-hydrogen) atoms. The quantitative estimate of drug-likeness (QED) is 0.871. The largest absolute Gasteiger partial charge is 0.315 e. The van der Waals surface area contributed by atoms with Crippen LogP contribution in [0.3, 0.4) is 0 Å². The Morgan fingerprint density at radius 2 is 1.72 bits per heavy atom. The summed E-state index contributed by atoms with van der Waals surface area (Å²) in [6, 6.07) is 6.41. The highest BCUT2D eigenvalue weighted by molar-refractivity contribution is 8.03. The van der Waals surface area contributed by atoms with E-state index in [0.717, 1.165) is 5.56 Å². The minimum Gasteiger partial charge on any atom is -0.315 e. The van der Waals surface area contributed by atoms with Crippen LogP contribution >= 0.6 is 0 Å². The summed E-state index contributed by atoms with van der Waals surface area (Å²) in [6.45, 7) is 2.97. The van der Waals surface area contributed by atoms with E-state index in [1.54, 1.807) is 12.1 Å². The van der Waals surface area contributed by atoms with Crippen molar-refractivity contribution in [2.24, 2.45) is 3.77 Å². The lowest BCUT2D eigenvalue weighted by molar-refractivity contribution is 0.597. The van der Waals surface area contributed by atoms with E-state index in [1.807, 2.05) is 6.92 Å². The second-order valence-corrected chi connectivity index (χ2v) is 8.67. The smallest absolute Gasteiger partial charge is 0.290 e. The SMILES string of the molecule is Cc1ccc(S(=O)(=O)N=S2(=O)CCNCC2)cc1. The van der Waals surface area contributed by atoms with Gasteiger partial charge in [-0.25, -0.2) is 4.21 Å². The standard InChI is InChI=1S/C11H16N2O3S2/c1-10-2-4-11(5-3-10)18(15,16)13-17(14)8-6-12-7-9-17/h2-5,12H,6-9H2,1H3. The van der Waals surface area contributed by atoms with Crippen molar-refractivity contribution in [3.8, 4) is 0 Å². The first-order valence-electron chi connectivity index (χ1n) is 5.68. The average Bonchev–Trinajstić information content (AvgIpc) is 2.29. The van der Waals surface area contributed by atoms with Crippen molar-refractivity contribution < 1.29 is 12.6 Å². The molecule has 1 aliphatic rings. The summed E-state index contributed by atoms with van der Waals surface area (Å²) < 4.78 is 40.0. The van der Waals surface area contributed by atoms with Gasteiger partial charge in [-0.05, 0) is 19.1 Å². The van der Waals surface area contributed by atoms with Crippen molar-refractivity contribution in [1.82, 2.24) is 5.32 Å². The van der Waals surface area contributed by atoms with E-state index in [1.165, 1.54) is 12.1 Å². The van der Waals surface area contributed by atoms with E-state index in [9.17, 15) is 12.6 Å². The monoisotopic (exact) mass is 288 g/mol. The van der Waals surface area contributed by atoms with E-state index in [2.05, 4.69) is 9.08 Å². The fraction of sp³-hybridized carbons (Fsp3) is 0.455. The van der Waals surface area contributed by atoms with Gasteiger partial charge in [0.15, 0.2) is 0 Å². The maximum atomic E-state index is 12.3. The third-order valence-electron chi connectivity index (χ3n) is 2.75. The lowest BCUT2D eigenvalue weighted by atomic mass is 10.2. The summed E-state index contributed by atoms with van der Waals surface area (Å²) >= 11 is 0. The normalized spacial score (nSPS) is 19.4. The summed E-state index contributed by atoms with van der Waals surface area (Å²) in [4.78, 5) is 0.106. The van der Waals surface area contributed by atoms with Gasteiger partial charge in [-0.3, -0.25) is 0 Å². The maximum Gasteiger partial charge on any atom is 0.290 e. The molecule has 0 saturated carbocycles. The van der Waals surface area contributed by atoms with Gasteiger partial charge >= 0.3 is 0 Å². The van der Waals surface area contributed by atoms with Gasteiger partial charge in [-0.15, -0.1) is 3.77 Å².